The molecule has 0 aliphatic heterocycles. The fourth-order valence-corrected chi connectivity index (χ4v) is 2.91. The molecule has 0 rings (SSSR count). The van der Waals surface area contributed by atoms with Crippen LogP contribution in [0.15, 0.2) is 0 Å². The smallest absolute Gasteiger partial charge is 0.0158 e. The normalized spacial score (nSPS) is 17.3. The third-order valence-corrected chi connectivity index (χ3v) is 4.77. The van der Waals surface area contributed by atoms with E-state index in [-0.39, 0.29) is 11.1 Å². The van der Waals surface area contributed by atoms with Crippen LogP contribution in [0.5, 0.6) is 0 Å². The van der Waals surface area contributed by atoms with Gasteiger partial charge in [-0.15, -0.1) is 0 Å². The van der Waals surface area contributed by atoms with Crippen LogP contribution in [0.25, 0.3) is 0 Å². The van der Waals surface area contributed by atoms with Crippen LogP contribution in [0.3, 0.4) is 0 Å². The molecule has 2 unspecified atom stereocenters. The zero-order chi connectivity index (χ0) is 14.7. The molecule has 0 aliphatic carbocycles. The quantitative estimate of drug-likeness (QED) is 0.667. The minimum Gasteiger partial charge on any atom is -0.307 e. The van der Waals surface area contributed by atoms with E-state index in [2.05, 4.69) is 74.6 Å². The number of hydrogen-bond donors (Lipinski definition) is 1. The van der Waals surface area contributed by atoms with Gasteiger partial charge in [0.2, 0.25) is 0 Å². The molecule has 0 spiro atoms. The van der Waals surface area contributed by atoms with E-state index in [0.29, 0.717) is 11.8 Å². The van der Waals surface area contributed by atoms with Crippen molar-refractivity contribution in [2.75, 3.05) is 0 Å². The van der Waals surface area contributed by atoms with Crippen molar-refractivity contribution in [1.82, 2.24) is 5.32 Å². The van der Waals surface area contributed by atoms with Gasteiger partial charge in [0.05, 0.1) is 0 Å². The Balaban J connectivity index is 4.65. The summed E-state index contributed by atoms with van der Waals surface area (Å²) in [7, 11) is 0. The van der Waals surface area contributed by atoms with Crippen molar-refractivity contribution in [2.45, 2.75) is 86.7 Å². The fraction of sp³-hybridized carbons (Fsp3) is 1.00. The van der Waals surface area contributed by atoms with Crippen molar-refractivity contribution < 1.29 is 0 Å². The lowest BCUT2D eigenvalue weighted by Gasteiger charge is -2.44. The summed E-state index contributed by atoms with van der Waals surface area (Å²) < 4.78 is 0. The van der Waals surface area contributed by atoms with Crippen LogP contribution in [-0.2, 0) is 0 Å². The van der Waals surface area contributed by atoms with Gasteiger partial charge in [-0.2, -0.15) is 0 Å². The molecule has 0 aliphatic rings. The molecular weight excluding hydrogens is 218 g/mol. The standard InChI is InChI=1S/C17H37N/c1-12(2)14(5)11-16(7,8)18-17(9,10)15(6)13(3)4/h12-15,18H,11H2,1-10H3. The molecule has 2 atom stereocenters. The van der Waals surface area contributed by atoms with E-state index in [0.717, 1.165) is 11.8 Å². The number of nitrogens with one attached hydrogen (secondary N) is 1. The third kappa shape index (κ3) is 5.73. The average Bonchev–Trinajstić information content (AvgIpc) is 2.13. The van der Waals surface area contributed by atoms with Gasteiger partial charge in [-0.3, -0.25) is 0 Å². The van der Waals surface area contributed by atoms with E-state index in [1.807, 2.05) is 0 Å². The molecule has 0 fully saturated rings. The Morgan fingerprint density at radius 3 is 1.56 bits per heavy atom. The molecule has 18 heavy (non-hydrogen) atoms. The predicted molar refractivity (Wildman–Crippen MR) is 83.9 cm³/mol. The maximum Gasteiger partial charge on any atom is 0.0158 e. The van der Waals surface area contributed by atoms with E-state index in [9.17, 15) is 0 Å². The molecular formula is C17H37N. The van der Waals surface area contributed by atoms with Crippen LogP contribution in [0, 0.1) is 23.7 Å². The molecule has 1 N–H and O–H groups in total. The van der Waals surface area contributed by atoms with E-state index in [1.54, 1.807) is 0 Å². The van der Waals surface area contributed by atoms with Crippen molar-refractivity contribution in [3.05, 3.63) is 0 Å². The second-order valence-corrected chi connectivity index (χ2v) is 8.19. The molecule has 0 saturated heterocycles. The molecule has 0 aromatic heterocycles. The number of hydrogen-bond acceptors (Lipinski definition) is 1. The van der Waals surface area contributed by atoms with Gasteiger partial charge in [-0.25, -0.2) is 0 Å². The molecule has 0 heterocycles. The highest BCUT2D eigenvalue weighted by Crippen LogP contribution is 2.29. The van der Waals surface area contributed by atoms with Crippen molar-refractivity contribution in [3.8, 4) is 0 Å². The average molecular weight is 255 g/mol. The highest BCUT2D eigenvalue weighted by atomic mass is 15.0. The third-order valence-electron chi connectivity index (χ3n) is 4.77. The second kappa shape index (κ2) is 6.41. The maximum absolute atomic E-state index is 3.90. The molecule has 0 bridgehead atoms. The van der Waals surface area contributed by atoms with Gasteiger partial charge in [0.15, 0.2) is 0 Å². The first-order valence-electron chi connectivity index (χ1n) is 7.68. The van der Waals surface area contributed by atoms with Gasteiger partial charge >= 0.3 is 0 Å². The Hall–Kier alpha value is -0.0400. The lowest BCUT2D eigenvalue weighted by Crippen LogP contribution is -2.56. The number of rotatable bonds is 7. The van der Waals surface area contributed by atoms with Gasteiger partial charge in [-0.05, 0) is 57.8 Å². The lowest BCUT2D eigenvalue weighted by atomic mass is 9.77. The van der Waals surface area contributed by atoms with Gasteiger partial charge in [0, 0.05) is 11.1 Å². The van der Waals surface area contributed by atoms with Crippen LogP contribution in [0.4, 0.5) is 0 Å². The second-order valence-electron chi connectivity index (χ2n) is 8.19. The summed E-state index contributed by atoms with van der Waals surface area (Å²) in [4.78, 5) is 0. The van der Waals surface area contributed by atoms with Gasteiger partial charge < -0.3 is 5.32 Å². The Labute approximate surface area is 116 Å². The van der Waals surface area contributed by atoms with Gasteiger partial charge in [0.25, 0.3) is 0 Å². The maximum atomic E-state index is 3.90. The van der Waals surface area contributed by atoms with Crippen LogP contribution in [0.2, 0.25) is 0 Å². The van der Waals surface area contributed by atoms with Crippen molar-refractivity contribution in [1.29, 1.82) is 0 Å². The topological polar surface area (TPSA) is 12.0 Å². The zero-order valence-corrected chi connectivity index (χ0v) is 14.5. The molecule has 1 heteroatoms. The van der Waals surface area contributed by atoms with Crippen LogP contribution in [-0.4, -0.2) is 11.1 Å². The highest BCUT2D eigenvalue weighted by Gasteiger charge is 2.34. The molecule has 110 valence electrons. The Bertz CT molecular complexity index is 238. The van der Waals surface area contributed by atoms with Crippen molar-refractivity contribution in [3.63, 3.8) is 0 Å². The monoisotopic (exact) mass is 255 g/mol. The van der Waals surface area contributed by atoms with Gasteiger partial charge in [-0.1, -0.05) is 41.5 Å². The van der Waals surface area contributed by atoms with E-state index in [4.69, 9.17) is 0 Å². The summed E-state index contributed by atoms with van der Waals surface area (Å²) in [6.45, 7) is 23.4. The SMILES string of the molecule is CC(C)C(C)CC(C)(C)NC(C)(C)C(C)C(C)C. The predicted octanol–water partition coefficient (Wildman–Crippen LogP) is 5.11. The molecule has 0 radical (unpaired) electrons. The minimum atomic E-state index is 0.189. The van der Waals surface area contributed by atoms with Crippen LogP contribution in [0.1, 0.15) is 75.7 Å². The Morgan fingerprint density at radius 1 is 0.778 bits per heavy atom. The summed E-state index contributed by atoms with van der Waals surface area (Å²) in [6, 6.07) is 0. The summed E-state index contributed by atoms with van der Waals surface area (Å²) in [6.07, 6.45) is 1.24. The largest absolute Gasteiger partial charge is 0.307 e. The van der Waals surface area contributed by atoms with E-state index in [1.165, 1.54) is 6.42 Å². The first kappa shape index (κ1) is 18.0. The summed E-state index contributed by atoms with van der Waals surface area (Å²) >= 11 is 0. The van der Waals surface area contributed by atoms with Crippen molar-refractivity contribution >= 4 is 0 Å². The summed E-state index contributed by atoms with van der Waals surface area (Å²) in [5, 5.41) is 3.90. The van der Waals surface area contributed by atoms with Crippen LogP contribution < -0.4 is 5.32 Å². The molecule has 0 amide bonds. The molecule has 1 nitrogen and oxygen atoms in total. The Kier molecular flexibility index (Phi) is 6.40. The van der Waals surface area contributed by atoms with E-state index >= 15 is 0 Å². The fourth-order valence-electron chi connectivity index (χ4n) is 2.91. The Morgan fingerprint density at radius 2 is 1.22 bits per heavy atom. The molecule has 0 aromatic carbocycles. The van der Waals surface area contributed by atoms with Crippen LogP contribution >= 0.6 is 0 Å². The summed E-state index contributed by atoms with van der Waals surface area (Å²) in [5.74, 6) is 2.91. The lowest BCUT2D eigenvalue weighted by molar-refractivity contribution is 0.141. The van der Waals surface area contributed by atoms with Gasteiger partial charge in [0.1, 0.15) is 0 Å². The first-order chi connectivity index (χ1) is 7.89. The molecule has 0 saturated carbocycles. The minimum absolute atomic E-state index is 0.189. The highest BCUT2D eigenvalue weighted by molar-refractivity contribution is 4.93. The summed E-state index contributed by atoms with van der Waals surface area (Å²) in [5.41, 5.74) is 0.394. The first-order valence-corrected chi connectivity index (χ1v) is 7.68. The van der Waals surface area contributed by atoms with E-state index < -0.39 is 0 Å². The van der Waals surface area contributed by atoms with Crippen molar-refractivity contribution in [2.24, 2.45) is 23.7 Å². The molecule has 0 aromatic rings. The zero-order valence-electron chi connectivity index (χ0n) is 14.5.